The SMILES string of the molecule is CC(C)C(C)/C=C/[C@@H](C)[C@H]1CC[C@H]2C3=C[C@H](OS(=O)(=O)[O-])[C@@]4(O)C[C@@H](O)CC[C@]4(C)[C@@]3(O)CC[C@]12C. The van der Waals surface area contributed by atoms with E-state index >= 15 is 0 Å². The smallest absolute Gasteiger partial charge is 0.218 e. The van der Waals surface area contributed by atoms with Crippen molar-refractivity contribution in [2.45, 2.75) is 110 Å². The Morgan fingerprint density at radius 2 is 1.72 bits per heavy atom. The van der Waals surface area contributed by atoms with Crippen LogP contribution in [0.4, 0.5) is 0 Å². The van der Waals surface area contributed by atoms with Crippen LogP contribution < -0.4 is 0 Å². The maximum absolute atomic E-state index is 12.3. The van der Waals surface area contributed by atoms with E-state index in [9.17, 15) is 28.3 Å². The third kappa shape index (κ3) is 4.24. The van der Waals surface area contributed by atoms with Crippen molar-refractivity contribution in [2.75, 3.05) is 0 Å². The highest BCUT2D eigenvalue weighted by molar-refractivity contribution is 7.80. The molecule has 0 aromatic carbocycles. The lowest BCUT2D eigenvalue weighted by atomic mass is 9.43. The van der Waals surface area contributed by atoms with Gasteiger partial charge in [-0.25, -0.2) is 8.42 Å². The normalized spacial score (nSPS) is 46.7. The number of hydrogen-bond donors (Lipinski definition) is 3. The molecule has 3 fully saturated rings. The second-order valence-electron chi connectivity index (χ2n) is 13.1. The summed E-state index contributed by atoms with van der Waals surface area (Å²) in [6, 6.07) is 0. The summed E-state index contributed by atoms with van der Waals surface area (Å²) in [5.41, 5.74) is -3.80. The van der Waals surface area contributed by atoms with E-state index in [4.69, 9.17) is 4.18 Å². The maximum Gasteiger partial charge on any atom is 0.218 e. The lowest BCUT2D eigenvalue weighted by Gasteiger charge is -2.66. The number of allylic oxidation sites excluding steroid dienone is 2. The zero-order valence-electron chi connectivity index (χ0n) is 22.6. The van der Waals surface area contributed by atoms with Crippen LogP contribution in [0.25, 0.3) is 0 Å². The molecule has 8 heteroatoms. The van der Waals surface area contributed by atoms with E-state index in [1.54, 1.807) is 6.92 Å². The summed E-state index contributed by atoms with van der Waals surface area (Å²) in [6.07, 6.45) is 7.44. The number of rotatable bonds is 6. The average molecular weight is 526 g/mol. The van der Waals surface area contributed by atoms with E-state index in [2.05, 4.69) is 46.8 Å². The van der Waals surface area contributed by atoms with Crippen molar-refractivity contribution in [3.8, 4) is 0 Å². The van der Waals surface area contributed by atoms with Gasteiger partial charge >= 0.3 is 0 Å². The molecule has 0 spiro atoms. The first-order chi connectivity index (χ1) is 16.5. The number of aliphatic hydroxyl groups is 3. The van der Waals surface area contributed by atoms with Gasteiger partial charge in [-0.3, -0.25) is 4.18 Å². The van der Waals surface area contributed by atoms with Gasteiger partial charge in [-0.1, -0.05) is 53.7 Å². The van der Waals surface area contributed by atoms with E-state index in [0.29, 0.717) is 48.5 Å². The Kier molecular flexibility index (Phi) is 7.19. The molecule has 0 heterocycles. The summed E-state index contributed by atoms with van der Waals surface area (Å²) >= 11 is 0. The summed E-state index contributed by atoms with van der Waals surface area (Å²) in [6.45, 7) is 13.0. The molecule has 0 amide bonds. The summed E-state index contributed by atoms with van der Waals surface area (Å²) in [5.74, 6) is 1.80. The van der Waals surface area contributed by atoms with Crippen LogP contribution in [0, 0.1) is 40.4 Å². The van der Waals surface area contributed by atoms with E-state index in [1.807, 2.05) is 0 Å². The fourth-order valence-corrected chi connectivity index (χ4v) is 8.79. The fraction of sp³-hybridized carbons (Fsp3) is 0.857. The number of hydrogen-bond acceptors (Lipinski definition) is 7. The van der Waals surface area contributed by atoms with Crippen LogP contribution in [0.5, 0.6) is 0 Å². The first kappa shape index (κ1) is 28.2. The lowest BCUT2D eigenvalue weighted by Crippen LogP contribution is -2.73. The second-order valence-corrected chi connectivity index (χ2v) is 14.2. The summed E-state index contributed by atoms with van der Waals surface area (Å²) in [5, 5.41) is 34.6. The van der Waals surface area contributed by atoms with Gasteiger partial charge in [0.2, 0.25) is 10.4 Å². The zero-order chi connectivity index (χ0) is 26.9. The van der Waals surface area contributed by atoms with Crippen molar-refractivity contribution < 1.29 is 32.5 Å². The molecule has 3 N–H and O–H groups in total. The average Bonchev–Trinajstić information content (AvgIpc) is 3.11. The molecule has 7 nitrogen and oxygen atoms in total. The highest BCUT2D eigenvalue weighted by atomic mass is 32.3. The molecule has 4 aliphatic rings. The highest BCUT2D eigenvalue weighted by Gasteiger charge is 2.71. The molecular formula is C28H45O7S-. The molecule has 0 aromatic heterocycles. The van der Waals surface area contributed by atoms with Gasteiger partial charge in [-0.2, -0.15) is 0 Å². The maximum atomic E-state index is 12.3. The van der Waals surface area contributed by atoms with Crippen molar-refractivity contribution in [2.24, 2.45) is 40.4 Å². The molecular weight excluding hydrogens is 480 g/mol. The summed E-state index contributed by atoms with van der Waals surface area (Å²) in [4.78, 5) is 0. The fourth-order valence-electron chi connectivity index (χ4n) is 8.32. The second kappa shape index (κ2) is 9.16. The molecule has 4 aliphatic carbocycles. The predicted molar refractivity (Wildman–Crippen MR) is 136 cm³/mol. The Hall–Kier alpha value is -0.770. The van der Waals surface area contributed by atoms with Gasteiger partial charge < -0.3 is 19.9 Å². The van der Waals surface area contributed by atoms with Gasteiger partial charge in [0.05, 0.1) is 11.7 Å². The Morgan fingerprint density at radius 3 is 2.33 bits per heavy atom. The van der Waals surface area contributed by atoms with Crippen molar-refractivity contribution in [3.05, 3.63) is 23.8 Å². The molecule has 0 aliphatic heterocycles. The monoisotopic (exact) mass is 525 g/mol. The first-order valence-electron chi connectivity index (χ1n) is 13.7. The standard InChI is InChI=1S/C28H46O7S/c1-17(2)18(3)7-8-19(4)21-9-10-22-23-15-24(35-36(32,33)34)28(31)16-20(29)11-12-26(28,6)27(23,30)14-13-25(21,22)5/h7-8,15,17-22,24,29-31H,9-14,16H2,1-6H3,(H,32,33,34)/p-1/b8-7+/t18?,19-,20+,21-,22+,24+,25-,26-,27-,28+/m1/s1. The van der Waals surface area contributed by atoms with E-state index in [-0.39, 0.29) is 17.8 Å². The molecule has 206 valence electrons. The minimum atomic E-state index is -5.13. The minimum absolute atomic E-state index is 0.00620. The molecule has 0 bridgehead atoms. The molecule has 0 saturated heterocycles. The molecule has 3 saturated carbocycles. The minimum Gasteiger partial charge on any atom is -0.726 e. The van der Waals surface area contributed by atoms with E-state index < -0.39 is 39.2 Å². The van der Waals surface area contributed by atoms with E-state index in [1.165, 1.54) is 6.08 Å². The summed E-state index contributed by atoms with van der Waals surface area (Å²) < 4.78 is 40.1. The van der Waals surface area contributed by atoms with Crippen molar-refractivity contribution in [3.63, 3.8) is 0 Å². The molecule has 10 atom stereocenters. The van der Waals surface area contributed by atoms with Crippen LogP contribution in [0.3, 0.4) is 0 Å². The van der Waals surface area contributed by atoms with Crippen LogP contribution in [0.15, 0.2) is 23.8 Å². The zero-order valence-corrected chi connectivity index (χ0v) is 23.4. The van der Waals surface area contributed by atoms with Gasteiger partial charge in [-0.05, 0) is 85.2 Å². The largest absolute Gasteiger partial charge is 0.726 e. The third-order valence-corrected chi connectivity index (χ3v) is 11.6. The van der Waals surface area contributed by atoms with Crippen molar-refractivity contribution in [1.29, 1.82) is 0 Å². The Morgan fingerprint density at radius 1 is 1.06 bits per heavy atom. The van der Waals surface area contributed by atoms with Crippen LogP contribution in [-0.4, -0.2) is 51.7 Å². The number of fused-ring (bicyclic) bond motifs is 5. The van der Waals surface area contributed by atoms with Gasteiger partial charge in [0, 0.05) is 11.8 Å². The quantitative estimate of drug-likeness (QED) is 0.271. The van der Waals surface area contributed by atoms with Crippen molar-refractivity contribution in [1.82, 2.24) is 0 Å². The van der Waals surface area contributed by atoms with Crippen LogP contribution >= 0.6 is 0 Å². The van der Waals surface area contributed by atoms with Gasteiger partial charge in [0.1, 0.15) is 11.7 Å². The molecule has 4 rings (SSSR count). The Balaban J connectivity index is 1.75. The van der Waals surface area contributed by atoms with Gasteiger partial charge in [-0.15, -0.1) is 0 Å². The van der Waals surface area contributed by atoms with Crippen molar-refractivity contribution >= 4 is 10.4 Å². The van der Waals surface area contributed by atoms with E-state index in [0.717, 1.165) is 19.3 Å². The summed E-state index contributed by atoms with van der Waals surface area (Å²) in [7, 11) is -5.13. The molecule has 0 radical (unpaired) electrons. The van der Waals surface area contributed by atoms with Crippen LogP contribution in [0.2, 0.25) is 0 Å². The first-order valence-corrected chi connectivity index (χ1v) is 15.0. The van der Waals surface area contributed by atoms with Gasteiger partial charge in [0.25, 0.3) is 0 Å². The lowest BCUT2D eigenvalue weighted by molar-refractivity contribution is -0.254. The predicted octanol–water partition coefficient (Wildman–Crippen LogP) is 4.10. The van der Waals surface area contributed by atoms with Gasteiger partial charge in [0.15, 0.2) is 0 Å². The van der Waals surface area contributed by atoms with Crippen LogP contribution in [-0.2, 0) is 14.6 Å². The highest BCUT2D eigenvalue weighted by Crippen LogP contribution is 2.69. The number of aliphatic hydroxyl groups excluding tert-OH is 1. The molecule has 36 heavy (non-hydrogen) atoms. The Bertz CT molecular complexity index is 1020. The third-order valence-electron chi connectivity index (χ3n) is 11.1. The van der Waals surface area contributed by atoms with Crippen LogP contribution in [0.1, 0.15) is 86.5 Å². The molecule has 1 unspecified atom stereocenters. The Labute approximate surface area is 217 Å². The topological polar surface area (TPSA) is 127 Å². The molecule has 0 aromatic rings.